The summed E-state index contributed by atoms with van der Waals surface area (Å²) >= 11 is 0. The van der Waals surface area contributed by atoms with Gasteiger partial charge in [0.2, 0.25) is 0 Å². The minimum absolute atomic E-state index is 0.211. The van der Waals surface area contributed by atoms with Crippen molar-refractivity contribution in [3.05, 3.63) is 97.8 Å². The number of hydrogen-bond acceptors (Lipinski definition) is 3. The summed E-state index contributed by atoms with van der Waals surface area (Å²) in [7, 11) is 1.81. The first-order valence-corrected chi connectivity index (χ1v) is 9.65. The zero-order chi connectivity index (χ0) is 21.4. The van der Waals surface area contributed by atoms with E-state index >= 15 is 0 Å². The Morgan fingerprint density at radius 1 is 0.867 bits per heavy atom. The van der Waals surface area contributed by atoms with Gasteiger partial charge in [0.05, 0.1) is 22.6 Å². The smallest absolute Gasteiger partial charge is 0.295 e. The maximum atomic E-state index is 13.0. The van der Waals surface area contributed by atoms with Crippen molar-refractivity contribution in [3.63, 3.8) is 0 Å². The van der Waals surface area contributed by atoms with E-state index in [1.807, 2.05) is 82.4 Å². The van der Waals surface area contributed by atoms with Gasteiger partial charge in [0.1, 0.15) is 0 Å². The molecule has 0 saturated heterocycles. The summed E-state index contributed by atoms with van der Waals surface area (Å²) in [4.78, 5) is 30.3. The molecule has 0 aliphatic rings. The summed E-state index contributed by atoms with van der Waals surface area (Å²) < 4.78 is 4.81. The molecule has 7 nitrogen and oxygen atoms in total. The third kappa shape index (κ3) is 3.24. The molecular formula is C23H23N5O2. The van der Waals surface area contributed by atoms with Gasteiger partial charge in [-0.1, -0.05) is 35.9 Å². The van der Waals surface area contributed by atoms with Crippen LogP contribution in [0.5, 0.6) is 0 Å². The molecule has 0 amide bonds. The largest absolute Gasteiger partial charge is 0.297 e. The van der Waals surface area contributed by atoms with Crippen LogP contribution in [0.1, 0.15) is 22.5 Å². The molecule has 0 atom stereocenters. The van der Waals surface area contributed by atoms with Crippen LogP contribution in [0.4, 0.5) is 5.69 Å². The van der Waals surface area contributed by atoms with Crippen molar-refractivity contribution in [3.8, 4) is 11.4 Å². The Labute approximate surface area is 173 Å². The second-order valence-corrected chi connectivity index (χ2v) is 7.29. The molecule has 0 unspecified atom stereocenters. The fourth-order valence-corrected chi connectivity index (χ4v) is 3.42. The van der Waals surface area contributed by atoms with Crippen LogP contribution >= 0.6 is 0 Å². The molecule has 4 rings (SSSR count). The lowest BCUT2D eigenvalue weighted by Crippen LogP contribution is -2.19. The lowest BCUT2D eigenvalue weighted by Gasteiger charge is -2.07. The number of hydrogen-bond donors (Lipinski definition) is 1. The Hall–Kier alpha value is -3.87. The molecule has 0 bridgehead atoms. The molecule has 2 aromatic carbocycles. The average Bonchev–Trinajstić information content (AvgIpc) is 3.14. The second-order valence-electron chi connectivity index (χ2n) is 7.29. The maximum Gasteiger partial charge on any atom is 0.297 e. The Morgan fingerprint density at radius 3 is 2.20 bits per heavy atom. The molecular weight excluding hydrogens is 378 g/mol. The first kappa shape index (κ1) is 19.4. The van der Waals surface area contributed by atoms with Crippen molar-refractivity contribution in [2.75, 3.05) is 0 Å². The Balaban J connectivity index is 1.76. The van der Waals surface area contributed by atoms with Crippen molar-refractivity contribution in [2.45, 2.75) is 20.8 Å². The minimum atomic E-state index is -0.232. The van der Waals surface area contributed by atoms with Crippen LogP contribution in [-0.2, 0) is 7.05 Å². The summed E-state index contributed by atoms with van der Waals surface area (Å²) in [6, 6.07) is 17.1. The van der Waals surface area contributed by atoms with Crippen molar-refractivity contribution in [2.24, 2.45) is 12.0 Å². The van der Waals surface area contributed by atoms with E-state index in [0.717, 1.165) is 16.9 Å². The molecule has 2 aromatic heterocycles. The first-order valence-electron chi connectivity index (χ1n) is 9.65. The van der Waals surface area contributed by atoms with Crippen LogP contribution < -0.4 is 11.1 Å². The fraction of sp³-hybridized carbons (Fsp3) is 0.174. The van der Waals surface area contributed by atoms with E-state index in [0.29, 0.717) is 22.6 Å². The van der Waals surface area contributed by atoms with E-state index in [4.69, 9.17) is 0 Å². The molecule has 152 valence electrons. The van der Waals surface area contributed by atoms with Crippen LogP contribution in [-0.4, -0.2) is 25.4 Å². The third-order valence-electron chi connectivity index (χ3n) is 5.26. The van der Waals surface area contributed by atoms with Crippen molar-refractivity contribution in [1.29, 1.82) is 0 Å². The van der Waals surface area contributed by atoms with E-state index in [1.54, 1.807) is 9.36 Å². The topological polar surface area (TPSA) is 77.1 Å². The third-order valence-corrected chi connectivity index (χ3v) is 5.26. The van der Waals surface area contributed by atoms with Gasteiger partial charge in [-0.15, -0.1) is 0 Å². The van der Waals surface area contributed by atoms with Crippen LogP contribution in [0.3, 0.4) is 0 Å². The average molecular weight is 401 g/mol. The van der Waals surface area contributed by atoms with Gasteiger partial charge in [0.25, 0.3) is 11.1 Å². The molecule has 2 heterocycles. The highest BCUT2D eigenvalue weighted by Gasteiger charge is 2.16. The molecule has 30 heavy (non-hydrogen) atoms. The van der Waals surface area contributed by atoms with Crippen molar-refractivity contribution >= 4 is 11.9 Å². The number of aliphatic imine (C=N–C) groups is 1. The number of aromatic amines is 1. The molecule has 1 N–H and O–H groups in total. The van der Waals surface area contributed by atoms with Crippen LogP contribution in [0, 0.1) is 20.8 Å². The van der Waals surface area contributed by atoms with E-state index in [9.17, 15) is 9.59 Å². The van der Waals surface area contributed by atoms with Crippen LogP contribution in [0.15, 0.2) is 69.2 Å². The van der Waals surface area contributed by atoms with Crippen molar-refractivity contribution < 1.29 is 0 Å². The summed E-state index contributed by atoms with van der Waals surface area (Å²) in [6.07, 6.45) is 1.47. The molecule has 7 heteroatoms. The van der Waals surface area contributed by atoms with Gasteiger partial charge >= 0.3 is 0 Å². The molecule has 0 spiro atoms. The number of aromatic nitrogens is 4. The van der Waals surface area contributed by atoms with E-state index in [2.05, 4.69) is 10.1 Å². The van der Waals surface area contributed by atoms with Gasteiger partial charge in [0, 0.05) is 19.0 Å². The SMILES string of the molecule is Cc1ccc(-n2[nH]c(C)c(C=Nc3c(C)n(C)n(-c4ccccc4)c3=O)c2=O)cc1. The van der Waals surface area contributed by atoms with Gasteiger partial charge < -0.3 is 0 Å². The summed E-state index contributed by atoms with van der Waals surface area (Å²) in [5, 5.41) is 3.08. The highest BCUT2D eigenvalue weighted by Crippen LogP contribution is 2.17. The lowest BCUT2D eigenvalue weighted by molar-refractivity contribution is 0.630. The molecule has 0 aliphatic heterocycles. The monoisotopic (exact) mass is 401 g/mol. The predicted octanol–water partition coefficient (Wildman–Crippen LogP) is 3.33. The molecule has 0 fully saturated rings. The molecule has 0 aliphatic carbocycles. The van der Waals surface area contributed by atoms with Gasteiger partial charge in [-0.05, 0) is 45.0 Å². The number of nitrogens with one attached hydrogen (secondary N) is 1. The number of rotatable bonds is 4. The van der Waals surface area contributed by atoms with Gasteiger partial charge in [-0.25, -0.2) is 14.4 Å². The van der Waals surface area contributed by atoms with E-state index < -0.39 is 0 Å². The zero-order valence-corrected chi connectivity index (χ0v) is 17.4. The van der Waals surface area contributed by atoms with Gasteiger partial charge in [-0.3, -0.25) is 19.4 Å². The maximum absolute atomic E-state index is 13.0. The highest BCUT2D eigenvalue weighted by molar-refractivity contribution is 5.83. The first-order chi connectivity index (χ1) is 14.4. The summed E-state index contributed by atoms with van der Waals surface area (Å²) in [5.74, 6) is 0. The summed E-state index contributed by atoms with van der Waals surface area (Å²) in [6.45, 7) is 5.64. The van der Waals surface area contributed by atoms with Crippen LogP contribution in [0.25, 0.3) is 11.4 Å². The minimum Gasteiger partial charge on any atom is -0.295 e. The number of aryl methyl sites for hydroxylation is 2. The predicted molar refractivity (Wildman–Crippen MR) is 119 cm³/mol. The second kappa shape index (κ2) is 7.51. The zero-order valence-electron chi connectivity index (χ0n) is 17.4. The Kier molecular flexibility index (Phi) is 4.87. The quantitative estimate of drug-likeness (QED) is 0.533. The number of benzene rings is 2. The standard InChI is InChI=1S/C23H23N5O2/c1-15-10-12-18(13-11-15)27-22(29)20(16(2)25-27)14-24-21-17(3)26(4)28(23(21)30)19-8-6-5-7-9-19/h5-14,25H,1-4H3. The lowest BCUT2D eigenvalue weighted by atomic mass is 10.2. The molecule has 4 aromatic rings. The Bertz CT molecular complexity index is 1350. The van der Waals surface area contributed by atoms with Crippen molar-refractivity contribution in [1.82, 2.24) is 19.1 Å². The molecule has 0 saturated carbocycles. The Morgan fingerprint density at radius 2 is 1.53 bits per heavy atom. The fourth-order valence-electron chi connectivity index (χ4n) is 3.42. The van der Waals surface area contributed by atoms with Gasteiger partial charge in [0.15, 0.2) is 5.69 Å². The highest BCUT2D eigenvalue weighted by atomic mass is 16.1. The molecule has 0 radical (unpaired) electrons. The summed E-state index contributed by atoms with van der Waals surface area (Å²) in [5.41, 5.74) is 4.30. The number of H-pyrrole nitrogens is 1. The van der Waals surface area contributed by atoms with Gasteiger partial charge in [-0.2, -0.15) is 0 Å². The van der Waals surface area contributed by atoms with E-state index in [-0.39, 0.29) is 11.1 Å². The normalized spacial score (nSPS) is 11.5. The number of para-hydroxylation sites is 1. The van der Waals surface area contributed by atoms with E-state index in [1.165, 1.54) is 10.9 Å². The van der Waals surface area contributed by atoms with Crippen LogP contribution in [0.2, 0.25) is 0 Å². The number of nitrogens with zero attached hydrogens (tertiary/aromatic N) is 4.